The summed E-state index contributed by atoms with van der Waals surface area (Å²) >= 11 is 5.93. The van der Waals surface area contributed by atoms with Crippen molar-refractivity contribution in [2.75, 3.05) is 5.73 Å². The van der Waals surface area contributed by atoms with Crippen molar-refractivity contribution in [2.45, 2.75) is 0 Å². The molecule has 1 amide bonds. The number of rotatable bonds is 3. The number of hydrogen-bond donors (Lipinski definition) is 2. The Kier molecular flexibility index (Phi) is 3.29. The molecule has 0 saturated carbocycles. The van der Waals surface area contributed by atoms with E-state index in [1.54, 1.807) is 18.2 Å². The Morgan fingerprint density at radius 1 is 1.22 bits per heavy atom. The van der Waals surface area contributed by atoms with Gasteiger partial charge in [0, 0.05) is 6.07 Å². The molecule has 1 aromatic heterocycles. The van der Waals surface area contributed by atoms with Gasteiger partial charge in [-0.3, -0.25) is 4.79 Å². The molecule has 0 unspecified atom stereocenters. The molecule has 0 radical (unpaired) electrons. The summed E-state index contributed by atoms with van der Waals surface area (Å²) in [6.45, 7) is 0. The number of anilines is 1. The molecule has 0 saturated heterocycles. The van der Waals surface area contributed by atoms with Gasteiger partial charge in [0.2, 0.25) is 5.88 Å². The fourth-order valence-corrected chi connectivity index (χ4v) is 1.46. The third kappa shape index (κ3) is 2.49. The quantitative estimate of drug-likeness (QED) is 0.820. The Labute approximate surface area is 108 Å². The predicted octanol–water partition coefficient (Wildman–Crippen LogP) is 1.60. The second-order valence-electron chi connectivity index (χ2n) is 3.38. The number of hydrogen-bond acceptors (Lipinski definition) is 5. The number of primary amides is 1. The SMILES string of the molecule is NC(=O)c1ccc(Oc2c(N)cccc2Cl)nn1. The van der Waals surface area contributed by atoms with E-state index in [-0.39, 0.29) is 11.6 Å². The smallest absolute Gasteiger partial charge is 0.269 e. The number of aromatic nitrogens is 2. The van der Waals surface area contributed by atoms with Gasteiger partial charge in [0.15, 0.2) is 11.4 Å². The van der Waals surface area contributed by atoms with Crippen LogP contribution < -0.4 is 16.2 Å². The summed E-state index contributed by atoms with van der Waals surface area (Å²) in [6, 6.07) is 7.84. The van der Waals surface area contributed by atoms with Crippen molar-refractivity contribution >= 4 is 23.2 Å². The third-order valence-electron chi connectivity index (χ3n) is 2.10. The minimum atomic E-state index is -0.661. The number of carbonyl (C=O) groups excluding carboxylic acids is 1. The topological polar surface area (TPSA) is 104 Å². The van der Waals surface area contributed by atoms with E-state index in [0.717, 1.165) is 0 Å². The highest BCUT2D eigenvalue weighted by Crippen LogP contribution is 2.33. The average molecular weight is 265 g/mol. The van der Waals surface area contributed by atoms with Gasteiger partial charge in [-0.1, -0.05) is 17.7 Å². The van der Waals surface area contributed by atoms with E-state index in [1.807, 2.05) is 0 Å². The summed E-state index contributed by atoms with van der Waals surface area (Å²) in [6.07, 6.45) is 0. The normalized spacial score (nSPS) is 10.1. The fraction of sp³-hybridized carbons (Fsp3) is 0. The Morgan fingerprint density at radius 2 is 2.00 bits per heavy atom. The number of para-hydroxylation sites is 1. The van der Waals surface area contributed by atoms with Crippen LogP contribution in [0, 0.1) is 0 Å². The number of nitrogens with zero attached hydrogens (tertiary/aromatic N) is 2. The van der Waals surface area contributed by atoms with Crippen molar-refractivity contribution in [1.29, 1.82) is 0 Å². The van der Waals surface area contributed by atoms with Crippen molar-refractivity contribution < 1.29 is 9.53 Å². The van der Waals surface area contributed by atoms with Crippen LogP contribution in [0.1, 0.15) is 10.5 Å². The molecule has 0 fully saturated rings. The van der Waals surface area contributed by atoms with Crippen molar-refractivity contribution in [3.8, 4) is 11.6 Å². The van der Waals surface area contributed by atoms with Crippen LogP contribution in [-0.4, -0.2) is 16.1 Å². The number of amides is 1. The molecule has 2 rings (SSSR count). The molecule has 1 aromatic carbocycles. The Hall–Kier alpha value is -2.34. The Balaban J connectivity index is 2.26. The summed E-state index contributed by atoms with van der Waals surface area (Å²) in [7, 11) is 0. The van der Waals surface area contributed by atoms with Gasteiger partial charge in [-0.25, -0.2) is 0 Å². The molecule has 0 aliphatic carbocycles. The van der Waals surface area contributed by atoms with Gasteiger partial charge in [-0.2, -0.15) is 0 Å². The number of ether oxygens (including phenoxy) is 1. The molecular formula is C11H9ClN4O2. The largest absolute Gasteiger partial charge is 0.434 e. The van der Waals surface area contributed by atoms with E-state index >= 15 is 0 Å². The van der Waals surface area contributed by atoms with E-state index < -0.39 is 5.91 Å². The molecule has 0 bridgehead atoms. The summed E-state index contributed by atoms with van der Waals surface area (Å²) in [5.74, 6) is -0.202. The van der Waals surface area contributed by atoms with Gasteiger partial charge in [0.25, 0.3) is 5.91 Å². The van der Waals surface area contributed by atoms with Crippen molar-refractivity contribution in [3.05, 3.63) is 41.0 Å². The lowest BCUT2D eigenvalue weighted by Gasteiger charge is -2.08. The predicted molar refractivity (Wildman–Crippen MR) is 66.5 cm³/mol. The average Bonchev–Trinajstić information content (AvgIpc) is 2.34. The highest BCUT2D eigenvalue weighted by Gasteiger charge is 2.09. The minimum Gasteiger partial charge on any atom is -0.434 e. The molecule has 92 valence electrons. The lowest BCUT2D eigenvalue weighted by atomic mass is 10.3. The van der Waals surface area contributed by atoms with Crippen LogP contribution in [0.5, 0.6) is 11.6 Å². The fourth-order valence-electron chi connectivity index (χ4n) is 1.24. The molecular weight excluding hydrogens is 256 g/mol. The van der Waals surface area contributed by atoms with Crippen LogP contribution in [0.25, 0.3) is 0 Å². The van der Waals surface area contributed by atoms with Gasteiger partial charge in [-0.15, -0.1) is 10.2 Å². The monoisotopic (exact) mass is 264 g/mol. The molecule has 0 atom stereocenters. The number of halogens is 1. The van der Waals surface area contributed by atoms with Crippen LogP contribution in [0.3, 0.4) is 0 Å². The summed E-state index contributed by atoms with van der Waals surface area (Å²) < 4.78 is 5.39. The summed E-state index contributed by atoms with van der Waals surface area (Å²) in [4.78, 5) is 10.8. The van der Waals surface area contributed by atoms with E-state index in [9.17, 15) is 4.79 Å². The van der Waals surface area contributed by atoms with Gasteiger partial charge in [0.1, 0.15) is 0 Å². The highest BCUT2D eigenvalue weighted by atomic mass is 35.5. The first-order valence-corrected chi connectivity index (χ1v) is 5.31. The van der Waals surface area contributed by atoms with Crippen molar-refractivity contribution in [2.24, 2.45) is 5.73 Å². The van der Waals surface area contributed by atoms with Gasteiger partial charge >= 0.3 is 0 Å². The standard InChI is InChI=1S/C11H9ClN4O2/c12-6-2-1-3-7(13)10(6)18-9-5-4-8(11(14)17)15-16-9/h1-5H,13H2,(H2,14,17). The molecule has 0 aliphatic rings. The third-order valence-corrected chi connectivity index (χ3v) is 2.39. The number of carbonyl (C=O) groups is 1. The van der Waals surface area contributed by atoms with Crippen LogP contribution >= 0.6 is 11.6 Å². The number of nitrogen functional groups attached to an aromatic ring is 1. The van der Waals surface area contributed by atoms with Crippen LogP contribution in [-0.2, 0) is 0 Å². The van der Waals surface area contributed by atoms with Gasteiger partial charge in [-0.05, 0) is 18.2 Å². The Bertz CT molecular complexity index is 566. The van der Waals surface area contributed by atoms with E-state index in [2.05, 4.69) is 10.2 Å². The molecule has 0 spiro atoms. The van der Waals surface area contributed by atoms with E-state index in [0.29, 0.717) is 16.5 Å². The van der Waals surface area contributed by atoms with Crippen LogP contribution in [0.2, 0.25) is 5.02 Å². The molecule has 18 heavy (non-hydrogen) atoms. The van der Waals surface area contributed by atoms with Gasteiger partial charge < -0.3 is 16.2 Å². The van der Waals surface area contributed by atoms with E-state index in [4.69, 9.17) is 27.8 Å². The molecule has 2 aromatic rings. The first-order valence-electron chi connectivity index (χ1n) is 4.93. The van der Waals surface area contributed by atoms with Crippen molar-refractivity contribution in [1.82, 2.24) is 10.2 Å². The molecule has 1 heterocycles. The second-order valence-corrected chi connectivity index (χ2v) is 3.79. The first-order chi connectivity index (χ1) is 8.58. The maximum Gasteiger partial charge on any atom is 0.269 e. The zero-order chi connectivity index (χ0) is 13.1. The summed E-state index contributed by atoms with van der Waals surface area (Å²) in [5, 5.41) is 7.65. The zero-order valence-corrected chi connectivity index (χ0v) is 9.89. The molecule has 6 nitrogen and oxygen atoms in total. The summed E-state index contributed by atoms with van der Waals surface area (Å²) in [5.41, 5.74) is 11.2. The molecule has 0 aliphatic heterocycles. The second kappa shape index (κ2) is 4.89. The maximum absolute atomic E-state index is 10.8. The van der Waals surface area contributed by atoms with E-state index in [1.165, 1.54) is 12.1 Å². The number of benzene rings is 1. The first kappa shape index (κ1) is 12.1. The number of nitrogens with two attached hydrogens (primary N) is 2. The van der Waals surface area contributed by atoms with Crippen molar-refractivity contribution in [3.63, 3.8) is 0 Å². The zero-order valence-electron chi connectivity index (χ0n) is 9.13. The van der Waals surface area contributed by atoms with Crippen LogP contribution in [0.4, 0.5) is 5.69 Å². The molecule has 7 heteroatoms. The lowest BCUT2D eigenvalue weighted by Crippen LogP contribution is -2.13. The lowest BCUT2D eigenvalue weighted by molar-refractivity contribution is 0.0994. The minimum absolute atomic E-state index is 0.0504. The molecule has 4 N–H and O–H groups in total. The Morgan fingerprint density at radius 3 is 2.56 bits per heavy atom. The highest BCUT2D eigenvalue weighted by molar-refractivity contribution is 6.32. The van der Waals surface area contributed by atoms with Gasteiger partial charge in [0.05, 0.1) is 10.7 Å². The maximum atomic E-state index is 10.8. The van der Waals surface area contributed by atoms with Crippen LogP contribution in [0.15, 0.2) is 30.3 Å².